The molecule has 0 aliphatic rings. The number of fused-ring (bicyclic) bond motifs is 8. The van der Waals surface area contributed by atoms with Gasteiger partial charge in [0, 0.05) is 33.5 Å². The number of benzene rings is 5. The molecule has 5 aromatic carbocycles. The first-order valence-electron chi connectivity index (χ1n) is 12.4. The quantitative estimate of drug-likeness (QED) is 0.252. The molecule has 0 spiro atoms. The van der Waals surface area contributed by atoms with E-state index in [1.165, 1.54) is 21.5 Å². The fraction of sp³-hybridized carbons (Fsp3) is 0. The molecule has 0 atom stereocenters. The van der Waals surface area contributed by atoms with Crippen LogP contribution in [0.2, 0.25) is 0 Å². The molecule has 8 aromatic rings. The van der Waals surface area contributed by atoms with Crippen LogP contribution in [0.5, 0.6) is 0 Å². The molecule has 3 aromatic heterocycles. The molecule has 37 heavy (non-hydrogen) atoms. The standard InChI is InChI=1S/C34H20N2O/c1-3-12-24-21(8-1)17-18-30-31(24)32-25-13-4-2-9-23(25)20-27(34(32)37-30)29-16-6-15-28(36-29)26-14-5-10-22-11-7-19-35-33(22)26/h1-20H. The van der Waals surface area contributed by atoms with Crippen LogP contribution >= 0.6 is 0 Å². The summed E-state index contributed by atoms with van der Waals surface area (Å²) in [5, 5.41) is 8.15. The van der Waals surface area contributed by atoms with Gasteiger partial charge in [-0.2, -0.15) is 0 Å². The van der Waals surface area contributed by atoms with Crippen molar-refractivity contribution in [3.63, 3.8) is 0 Å². The van der Waals surface area contributed by atoms with Crippen LogP contribution in [0.1, 0.15) is 0 Å². The summed E-state index contributed by atoms with van der Waals surface area (Å²) in [6.07, 6.45) is 1.83. The fourth-order valence-corrected chi connectivity index (χ4v) is 5.62. The number of aromatic nitrogens is 2. The zero-order chi connectivity index (χ0) is 24.3. The lowest BCUT2D eigenvalue weighted by molar-refractivity contribution is 0.670. The second-order valence-corrected chi connectivity index (χ2v) is 9.40. The van der Waals surface area contributed by atoms with Gasteiger partial charge in [0.15, 0.2) is 0 Å². The summed E-state index contributed by atoms with van der Waals surface area (Å²) in [6, 6.07) is 39.9. The molecule has 0 bridgehead atoms. The van der Waals surface area contributed by atoms with Crippen molar-refractivity contribution in [2.24, 2.45) is 0 Å². The van der Waals surface area contributed by atoms with Crippen LogP contribution in [0.4, 0.5) is 0 Å². The van der Waals surface area contributed by atoms with Gasteiger partial charge in [-0.05, 0) is 51.9 Å². The lowest BCUT2D eigenvalue weighted by Crippen LogP contribution is -1.91. The molecule has 0 unspecified atom stereocenters. The van der Waals surface area contributed by atoms with Gasteiger partial charge in [0.2, 0.25) is 0 Å². The Morgan fingerprint density at radius 3 is 2.11 bits per heavy atom. The zero-order valence-electron chi connectivity index (χ0n) is 19.8. The maximum Gasteiger partial charge on any atom is 0.145 e. The fourth-order valence-electron chi connectivity index (χ4n) is 5.62. The summed E-state index contributed by atoms with van der Waals surface area (Å²) >= 11 is 0. The molecule has 0 radical (unpaired) electrons. The van der Waals surface area contributed by atoms with Gasteiger partial charge >= 0.3 is 0 Å². The first kappa shape index (κ1) is 20.2. The third-order valence-electron chi connectivity index (χ3n) is 7.29. The van der Waals surface area contributed by atoms with Gasteiger partial charge in [-0.25, -0.2) is 4.98 Å². The van der Waals surface area contributed by atoms with Gasteiger partial charge in [0.25, 0.3) is 0 Å². The van der Waals surface area contributed by atoms with Gasteiger partial charge in [0.1, 0.15) is 11.2 Å². The van der Waals surface area contributed by atoms with Crippen molar-refractivity contribution >= 4 is 54.4 Å². The number of hydrogen-bond donors (Lipinski definition) is 0. The van der Waals surface area contributed by atoms with Crippen molar-refractivity contribution in [3.8, 4) is 22.5 Å². The van der Waals surface area contributed by atoms with Crippen LogP contribution in [-0.4, -0.2) is 9.97 Å². The minimum atomic E-state index is 0.866. The summed E-state index contributed by atoms with van der Waals surface area (Å²) in [7, 11) is 0. The molecule has 0 aliphatic heterocycles. The zero-order valence-corrected chi connectivity index (χ0v) is 19.8. The Kier molecular flexibility index (Phi) is 4.23. The minimum absolute atomic E-state index is 0.866. The molecule has 0 aliphatic carbocycles. The van der Waals surface area contributed by atoms with Crippen LogP contribution in [-0.2, 0) is 0 Å². The number of pyridine rings is 2. The highest BCUT2D eigenvalue weighted by molar-refractivity contribution is 6.28. The summed E-state index contributed by atoms with van der Waals surface area (Å²) < 4.78 is 6.62. The van der Waals surface area contributed by atoms with Crippen LogP contribution in [0.3, 0.4) is 0 Å². The summed E-state index contributed by atoms with van der Waals surface area (Å²) in [6.45, 7) is 0. The Bertz CT molecular complexity index is 2150. The average molecular weight is 473 g/mol. The largest absolute Gasteiger partial charge is 0.455 e. The van der Waals surface area contributed by atoms with Crippen LogP contribution in [0.15, 0.2) is 126 Å². The van der Waals surface area contributed by atoms with E-state index in [4.69, 9.17) is 9.40 Å². The number of furan rings is 1. The average Bonchev–Trinajstić information content (AvgIpc) is 3.37. The van der Waals surface area contributed by atoms with Crippen molar-refractivity contribution < 1.29 is 4.42 Å². The second kappa shape index (κ2) is 7.74. The van der Waals surface area contributed by atoms with Gasteiger partial charge in [0.05, 0.1) is 16.9 Å². The molecule has 3 heteroatoms. The first-order chi connectivity index (χ1) is 18.3. The van der Waals surface area contributed by atoms with E-state index in [1.807, 2.05) is 12.3 Å². The van der Waals surface area contributed by atoms with Crippen LogP contribution < -0.4 is 0 Å². The number of rotatable bonds is 2. The second-order valence-electron chi connectivity index (χ2n) is 9.40. The molecule has 3 nitrogen and oxygen atoms in total. The maximum atomic E-state index is 6.62. The number of para-hydroxylation sites is 1. The Hall–Kier alpha value is -5.02. The lowest BCUT2D eigenvalue weighted by atomic mass is 9.96. The molecule has 8 rings (SSSR count). The van der Waals surface area contributed by atoms with Gasteiger partial charge in [-0.3, -0.25) is 4.98 Å². The minimum Gasteiger partial charge on any atom is -0.455 e. The van der Waals surface area contributed by atoms with E-state index in [1.54, 1.807) is 0 Å². The van der Waals surface area contributed by atoms with Gasteiger partial charge in [-0.1, -0.05) is 84.9 Å². The van der Waals surface area contributed by atoms with Crippen LogP contribution in [0.25, 0.3) is 76.9 Å². The Morgan fingerprint density at radius 1 is 0.514 bits per heavy atom. The van der Waals surface area contributed by atoms with E-state index < -0.39 is 0 Å². The predicted octanol–water partition coefficient (Wildman–Crippen LogP) is 9.17. The highest BCUT2D eigenvalue weighted by Gasteiger charge is 2.19. The van der Waals surface area contributed by atoms with E-state index >= 15 is 0 Å². The molecule has 0 saturated heterocycles. The molecule has 0 saturated carbocycles. The SMILES string of the molecule is c1cc(-c2cccc3cccnc23)nc(-c2cc3ccccc3c3c2oc2ccc4ccccc4c23)c1. The monoisotopic (exact) mass is 472 g/mol. The topological polar surface area (TPSA) is 38.9 Å². The summed E-state index contributed by atoms with van der Waals surface area (Å²) in [4.78, 5) is 9.80. The van der Waals surface area contributed by atoms with Crippen LogP contribution in [0, 0.1) is 0 Å². The highest BCUT2D eigenvalue weighted by Crippen LogP contribution is 2.43. The Balaban J connectivity index is 1.46. The molecule has 3 heterocycles. The van der Waals surface area contributed by atoms with Crippen molar-refractivity contribution in [1.82, 2.24) is 9.97 Å². The first-order valence-corrected chi connectivity index (χ1v) is 12.4. The predicted molar refractivity (Wildman–Crippen MR) is 153 cm³/mol. The smallest absolute Gasteiger partial charge is 0.145 e. The molecule has 172 valence electrons. The Labute approximate surface area is 212 Å². The third kappa shape index (κ3) is 3.01. The summed E-state index contributed by atoms with van der Waals surface area (Å²) in [5.74, 6) is 0. The van der Waals surface area contributed by atoms with Crippen molar-refractivity contribution in [2.45, 2.75) is 0 Å². The van der Waals surface area contributed by atoms with Gasteiger partial charge in [-0.15, -0.1) is 0 Å². The Morgan fingerprint density at radius 2 is 1.22 bits per heavy atom. The normalized spacial score (nSPS) is 11.8. The molecule has 0 fully saturated rings. The lowest BCUT2D eigenvalue weighted by Gasteiger charge is -2.10. The highest BCUT2D eigenvalue weighted by atomic mass is 16.3. The molecule has 0 amide bonds. The molecule has 0 N–H and O–H groups in total. The molecular formula is C34H20N2O. The van der Waals surface area contributed by atoms with E-state index in [0.29, 0.717) is 0 Å². The summed E-state index contributed by atoms with van der Waals surface area (Å²) in [5.41, 5.74) is 6.49. The van der Waals surface area contributed by atoms with E-state index in [2.05, 4.69) is 114 Å². The van der Waals surface area contributed by atoms with Crippen molar-refractivity contribution in [1.29, 1.82) is 0 Å². The molecular weight excluding hydrogens is 452 g/mol. The van der Waals surface area contributed by atoms with E-state index in [0.717, 1.165) is 55.4 Å². The van der Waals surface area contributed by atoms with Gasteiger partial charge < -0.3 is 4.42 Å². The van der Waals surface area contributed by atoms with E-state index in [-0.39, 0.29) is 0 Å². The maximum absolute atomic E-state index is 6.62. The van der Waals surface area contributed by atoms with Crippen molar-refractivity contribution in [2.75, 3.05) is 0 Å². The van der Waals surface area contributed by atoms with Crippen molar-refractivity contribution in [3.05, 3.63) is 121 Å². The number of hydrogen-bond acceptors (Lipinski definition) is 3. The number of nitrogens with zero attached hydrogens (tertiary/aromatic N) is 2. The third-order valence-corrected chi connectivity index (χ3v) is 7.29. The van der Waals surface area contributed by atoms with E-state index in [9.17, 15) is 0 Å².